The van der Waals surface area contributed by atoms with E-state index < -0.39 is 5.82 Å². The van der Waals surface area contributed by atoms with Crippen LogP contribution in [0.25, 0.3) is 22.0 Å². The molecule has 31 heavy (non-hydrogen) atoms. The number of amides is 1. The number of anilines is 1. The number of nitrogens with zero attached hydrogens (tertiary/aromatic N) is 3. The molecular weight excluding hydrogens is 421 g/mol. The van der Waals surface area contributed by atoms with Crippen LogP contribution >= 0.6 is 11.6 Å². The number of phenols is 1. The van der Waals surface area contributed by atoms with Gasteiger partial charge in [0.2, 0.25) is 5.91 Å². The first kappa shape index (κ1) is 19.6. The SMILES string of the molecule is C=CC(=O)N1CCN2c3c(cnc4cc(-c5c(O)cccc5F)c(Cl)cc34)OCC2C1. The first-order valence-electron chi connectivity index (χ1n) is 9.89. The van der Waals surface area contributed by atoms with Crippen LogP contribution in [0.1, 0.15) is 0 Å². The Morgan fingerprint density at radius 2 is 2.19 bits per heavy atom. The number of hydrogen-bond acceptors (Lipinski definition) is 5. The summed E-state index contributed by atoms with van der Waals surface area (Å²) in [6.45, 7) is 5.74. The second-order valence-corrected chi connectivity index (χ2v) is 8.01. The van der Waals surface area contributed by atoms with Gasteiger partial charge in [-0.3, -0.25) is 9.78 Å². The third-order valence-electron chi connectivity index (χ3n) is 5.84. The van der Waals surface area contributed by atoms with Crippen LogP contribution in [-0.2, 0) is 4.79 Å². The average molecular weight is 440 g/mol. The molecule has 3 aromatic rings. The molecule has 0 bridgehead atoms. The lowest BCUT2D eigenvalue weighted by Crippen LogP contribution is -2.58. The fraction of sp³-hybridized carbons (Fsp3) is 0.217. The van der Waals surface area contributed by atoms with Gasteiger partial charge in [0.1, 0.15) is 18.2 Å². The Bertz CT molecular complexity index is 1210. The van der Waals surface area contributed by atoms with Crippen molar-refractivity contribution in [3.05, 3.63) is 60.0 Å². The van der Waals surface area contributed by atoms with Gasteiger partial charge in [-0.25, -0.2) is 4.39 Å². The summed E-state index contributed by atoms with van der Waals surface area (Å²) in [7, 11) is 0. The Morgan fingerprint density at radius 1 is 1.35 bits per heavy atom. The van der Waals surface area contributed by atoms with Gasteiger partial charge in [0, 0.05) is 35.6 Å². The van der Waals surface area contributed by atoms with Gasteiger partial charge in [-0.05, 0) is 30.3 Å². The van der Waals surface area contributed by atoms with Gasteiger partial charge in [0.25, 0.3) is 0 Å². The maximum Gasteiger partial charge on any atom is 0.246 e. The summed E-state index contributed by atoms with van der Waals surface area (Å²) in [5.74, 6) is -0.205. The minimum Gasteiger partial charge on any atom is -0.507 e. The van der Waals surface area contributed by atoms with Crippen molar-refractivity contribution >= 4 is 34.1 Å². The molecule has 1 aromatic heterocycles. The second kappa shape index (κ2) is 7.42. The number of aromatic nitrogens is 1. The molecule has 5 rings (SSSR count). The molecule has 0 saturated carbocycles. The maximum absolute atomic E-state index is 14.4. The lowest BCUT2D eigenvalue weighted by atomic mass is 9.99. The van der Waals surface area contributed by atoms with E-state index in [1.54, 1.807) is 23.2 Å². The molecule has 158 valence electrons. The van der Waals surface area contributed by atoms with Gasteiger partial charge in [-0.15, -0.1) is 0 Å². The number of fused-ring (bicyclic) bond motifs is 5. The number of piperazine rings is 1. The first-order valence-corrected chi connectivity index (χ1v) is 10.3. The second-order valence-electron chi connectivity index (χ2n) is 7.60. The van der Waals surface area contributed by atoms with Crippen molar-refractivity contribution in [2.24, 2.45) is 0 Å². The molecule has 1 atom stereocenters. The smallest absolute Gasteiger partial charge is 0.246 e. The highest BCUT2D eigenvalue weighted by atomic mass is 35.5. The summed E-state index contributed by atoms with van der Waals surface area (Å²) in [6.07, 6.45) is 2.97. The third-order valence-corrected chi connectivity index (χ3v) is 6.16. The van der Waals surface area contributed by atoms with Crippen LogP contribution in [0, 0.1) is 5.82 Å². The minimum absolute atomic E-state index is 0.00943. The van der Waals surface area contributed by atoms with E-state index in [4.69, 9.17) is 16.3 Å². The van der Waals surface area contributed by atoms with E-state index in [1.165, 1.54) is 24.3 Å². The summed E-state index contributed by atoms with van der Waals surface area (Å²) in [6, 6.07) is 7.53. The number of ether oxygens (including phenoxy) is 1. The van der Waals surface area contributed by atoms with Crippen LogP contribution in [0.2, 0.25) is 5.02 Å². The highest BCUT2D eigenvalue weighted by Crippen LogP contribution is 2.44. The van der Waals surface area contributed by atoms with Crippen LogP contribution in [0.3, 0.4) is 0 Å². The van der Waals surface area contributed by atoms with Crippen molar-refractivity contribution in [1.29, 1.82) is 0 Å². The summed E-state index contributed by atoms with van der Waals surface area (Å²) in [4.78, 5) is 20.5. The predicted molar refractivity (Wildman–Crippen MR) is 117 cm³/mol. The standard InChI is InChI=1S/C23H19ClFN3O3/c1-2-21(30)27-6-7-28-13(11-27)12-31-20-10-26-18-9-14(16(24)8-15(18)23(20)28)22-17(25)4-3-5-19(22)29/h2-5,8-10,13,29H,1,6-7,11-12H2. The number of aromatic hydroxyl groups is 1. The summed E-state index contributed by atoms with van der Waals surface area (Å²) in [5.41, 5.74) is 1.87. The van der Waals surface area contributed by atoms with Gasteiger partial charge in [-0.2, -0.15) is 0 Å². The minimum atomic E-state index is -0.564. The van der Waals surface area contributed by atoms with Crippen LogP contribution < -0.4 is 9.64 Å². The highest BCUT2D eigenvalue weighted by molar-refractivity contribution is 6.34. The summed E-state index contributed by atoms with van der Waals surface area (Å²) < 4.78 is 20.4. The van der Waals surface area contributed by atoms with E-state index in [2.05, 4.69) is 16.5 Å². The number of pyridine rings is 1. The van der Waals surface area contributed by atoms with E-state index >= 15 is 0 Å². The third kappa shape index (κ3) is 3.16. The molecule has 1 amide bonds. The highest BCUT2D eigenvalue weighted by Gasteiger charge is 2.35. The number of carbonyl (C=O) groups is 1. The zero-order chi connectivity index (χ0) is 21.7. The van der Waals surface area contributed by atoms with Crippen LogP contribution in [-0.4, -0.2) is 53.2 Å². The van der Waals surface area contributed by atoms with Crippen LogP contribution in [0.15, 0.2) is 49.2 Å². The molecule has 0 radical (unpaired) electrons. The maximum atomic E-state index is 14.4. The van der Waals surface area contributed by atoms with E-state index in [9.17, 15) is 14.3 Å². The lowest BCUT2D eigenvalue weighted by Gasteiger charge is -2.45. The van der Waals surface area contributed by atoms with Crippen LogP contribution in [0.5, 0.6) is 11.5 Å². The Kier molecular flexibility index (Phi) is 4.70. The molecular formula is C23H19ClFN3O3. The largest absolute Gasteiger partial charge is 0.507 e. The molecule has 8 heteroatoms. The van der Waals surface area contributed by atoms with Crippen molar-refractivity contribution in [2.45, 2.75) is 6.04 Å². The zero-order valence-corrected chi connectivity index (χ0v) is 17.3. The van der Waals surface area contributed by atoms with Gasteiger partial charge in [-0.1, -0.05) is 24.2 Å². The van der Waals surface area contributed by atoms with E-state index in [-0.39, 0.29) is 23.3 Å². The number of hydrogen-bond donors (Lipinski definition) is 1. The topological polar surface area (TPSA) is 65.9 Å². The molecule has 1 unspecified atom stereocenters. The molecule has 0 spiro atoms. The molecule has 0 aliphatic carbocycles. The predicted octanol–water partition coefficient (Wildman–Crippen LogP) is 4.00. The monoisotopic (exact) mass is 439 g/mol. The molecule has 2 aliphatic heterocycles. The van der Waals surface area contributed by atoms with Gasteiger partial charge in [0.05, 0.1) is 29.0 Å². The Labute approximate surface area is 183 Å². The van der Waals surface area contributed by atoms with E-state index in [0.29, 0.717) is 48.1 Å². The zero-order valence-electron chi connectivity index (χ0n) is 16.5. The lowest BCUT2D eigenvalue weighted by molar-refractivity contribution is -0.127. The molecule has 3 heterocycles. The first-order chi connectivity index (χ1) is 15.0. The molecule has 1 N–H and O–H groups in total. The van der Waals surface area contributed by atoms with E-state index in [0.717, 1.165) is 11.1 Å². The Balaban J connectivity index is 1.61. The Morgan fingerprint density at radius 3 is 2.97 bits per heavy atom. The van der Waals surface area contributed by atoms with Crippen LogP contribution in [0.4, 0.5) is 10.1 Å². The molecule has 2 aliphatic rings. The van der Waals surface area contributed by atoms with Gasteiger partial charge in [0.15, 0.2) is 5.75 Å². The molecule has 2 aromatic carbocycles. The van der Waals surface area contributed by atoms with Crippen molar-refractivity contribution in [3.8, 4) is 22.6 Å². The fourth-order valence-corrected chi connectivity index (χ4v) is 4.62. The summed E-state index contributed by atoms with van der Waals surface area (Å²) in [5, 5.41) is 11.3. The van der Waals surface area contributed by atoms with Crippen molar-refractivity contribution in [3.63, 3.8) is 0 Å². The quantitative estimate of drug-likeness (QED) is 0.611. The Hall–Kier alpha value is -3.32. The average Bonchev–Trinajstić information content (AvgIpc) is 2.78. The summed E-state index contributed by atoms with van der Waals surface area (Å²) >= 11 is 6.55. The fourth-order valence-electron chi connectivity index (χ4n) is 4.36. The molecule has 1 fully saturated rings. The number of carbonyl (C=O) groups excluding carboxylic acids is 1. The molecule has 6 nitrogen and oxygen atoms in total. The normalized spacial score (nSPS) is 17.7. The van der Waals surface area contributed by atoms with Crippen molar-refractivity contribution in [1.82, 2.24) is 9.88 Å². The van der Waals surface area contributed by atoms with Crippen molar-refractivity contribution in [2.75, 3.05) is 31.1 Å². The van der Waals surface area contributed by atoms with Gasteiger partial charge < -0.3 is 19.6 Å². The van der Waals surface area contributed by atoms with E-state index in [1.807, 2.05) is 0 Å². The number of halogens is 2. The van der Waals surface area contributed by atoms with Crippen molar-refractivity contribution < 1.29 is 19.0 Å². The number of rotatable bonds is 2. The number of benzene rings is 2. The number of phenolic OH excluding ortho intramolecular Hbond substituents is 1. The van der Waals surface area contributed by atoms with Gasteiger partial charge >= 0.3 is 0 Å². The molecule has 1 saturated heterocycles.